The standard InChI is InChI=1S/C11H13F3N2O5S2/c12-11(13,14)23(19,20)15-10-4-2-1-3-9(10)7-16-5-6-21-8-22(16,17)18/h1-4,15H,5-8H2. The first-order valence-electron chi connectivity index (χ1n) is 6.25. The number of sulfonamides is 2. The van der Waals surface area contributed by atoms with Crippen LogP contribution in [-0.4, -0.2) is 45.7 Å². The maximum atomic E-state index is 12.5. The molecule has 1 N–H and O–H groups in total. The Hall–Kier alpha value is -1.37. The Labute approximate surface area is 131 Å². The zero-order valence-corrected chi connectivity index (χ0v) is 13.2. The van der Waals surface area contributed by atoms with Crippen molar-refractivity contribution in [2.75, 3.05) is 23.8 Å². The third-order valence-electron chi connectivity index (χ3n) is 3.02. The van der Waals surface area contributed by atoms with Gasteiger partial charge < -0.3 is 4.74 Å². The van der Waals surface area contributed by atoms with Crippen LogP contribution in [0.2, 0.25) is 0 Å². The van der Waals surface area contributed by atoms with Crippen LogP contribution in [0.3, 0.4) is 0 Å². The van der Waals surface area contributed by atoms with E-state index in [0.717, 1.165) is 10.4 Å². The highest BCUT2D eigenvalue weighted by atomic mass is 32.2. The van der Waals surface area contributed by atoms with Gasteiger partial charge in [0.1, 0.15) is 0 Å². The zero-order valence-electron chi connectivity index (χ0n) is 11.6. The summed E-state index contributed by atoms with van der Waals surface area (Å²) in [7, 11) is -9.28. The fraction of sp³-hybridized carbons (Fsp3) is 0.455. The second-order valence-electron chi connectivity index (χ2n) is 4.68. The Kier molecular flexibility index (Phi) is 4.89. The van der Waals surface area contributed by atoms with Gasteiger partial charge in [0.2, 0.25) is 10.0 Å². The van der Waals surface area contributed by atoms with Crippen molar-refractivity contribution in [3.8, 4) is 0 Å². The van der Waals surface area contributed by atoms with E-state index in [9.17, 15) is 30.0 Å². The Bertz CT molecular complexity index is 777. The third kappa shape index (κ3) is 4.13. The molecule has 1 aromatic carbocycles. The van der Waals surface area contributed by atoms with E-state index in [4.69, 9.17) is 4.74 Å². The Morgan fingerprint density at radius 3 is 2.52 bits per heavy atom. The highest BCUT2D eigenvalue weighted by Crippen LogP contribution is 2.28. The highest BCUT2D eigenvalue weighted by Gasteiger charge is 2.46. The van der Waals surface area contributed by atoms with Crippen molar-refractivity contribution >= 4 is 25.7 Å². The smallest absolute Gasteiger partial charge is 0.363 e. The van der Waals surface area contributed by atoms with E-state index in [1.165, 1.54) is 22.9 Å². The van der Waals surface area contributed by atoms with E-state index >= 15 is 0 Å². The van der Waals surface area contributed by atoms with Crippen molar-refractivity contribution in [3.63, 3.8) is 0 Å². The van der Waals surface area contributed by atoms with Crippen LogP contribution in [0.1, 0.15) is 5.56 Å². The van der Waals surface area contributed by atoms with Gasteiger partial charge in [-0.3, -0.25) is 4.72 Å². The van der Waals surface area contributed by atoms with Gasteiger partial charge in [-0.25, -0.2) is 8.42 Å². The van der Waals surface area contributed by atoms with Crippen molar-refractivity contribution in [2.45, 2.75) is 12.1 Å². The van der Waals surface area contributed by atoms with E-state index < -0.39 is 31.5 Å². The second-order valence-corrected chi connectivity index (χ2v) is 8.27. The topological polar surface area (TPSA) is 92.8 Å². The number of ether oxygens (including phenoxy) is 1. The molecular weight excluding hydrogens is 361 g/mol. The van der Waals surface area contributed by atoms with Gasteiger partial charge in [0.05, 0.1) is 12.3 Å². The minimum atomic E-state index is -5.59. The molecule has 12 heteroatoms. The van der Waals surface area contributed by atoms with E-state index in [1.807, 2.05) is 0 Å². The number of benzene rings is 1. The molecule has 0 unspecified atom stereocenters. The summed E-state index contributed by atoms with van der Waals surface area (Å²) in [6.07, 6.45) is 0. The van der Waals surface area contributed by atoms with Crippen molar-refractivity contribution in [1.82, 2.24) is 4.31 Å². The molecule has 0 aliphatic carbocycles. The second kappa shape index (κ2) is 6.26. The van der Waals surface area contributed by atoms with Gasteiger partial charge in [0.15, 0.2) is 5.94 Å². The lowest BCUT2D eigenvalue weighted by Crippen LogP contribution is -2.40. The summed E-state index contributed by atoms with van der Waals surface area (Å²) < 4.78 is 90.7. The minimum absolute atomic E-state index is 0.0304. The largest absolute Gasteiger partial charge is 0.516 e. The van der Waals surface area contributed by atoms with Gasteiger partial charge in [-0.05, 0) is 11.6 Å². The van der Waals surface area contributed by atoms with Crippen LogP contribution in [0, 0.1) is 0 Å². The molecule has 1 heterocycles. The number of halogens is 3. The minimum Gasteiger partial charge on any atom is -0.363 e. The van der Waals surface area contributed by atoms with Crippen LogP contribution in [-0.2, 0) is 31.3 Å². The number of alkyl halides is 3. The van der Waals surface area contributed by atoms with Crippen LogP contribution in [0.15, 0.2) is 24.3 Å². The van der Waals surface area contributed by atoms with E-state index in [2.05, 4.69) is 0 Å². The van der Waals surface area contributed by atoms with Gasteiger partial charge in [-0.1, -0.05) is 18.2 Å². The van der Waals surface area contributed by atoms with E-state index in [-0.39, 0.29) is 30.9 Å². The molecule has 1 aromatic rings. The van der Waals surface area contributed by atoms with Crippen molar-refractivity contribution in [1.29, 1.82) is 0 Å². The highest BCUT2D eigenvalue weighted by molar-refractivity contribution is 7.93. The zero-order chi connectivity index (χ0) is 17.3. The van der Waals surface area contributed by atoms with E-state index in [0.29, 0.717) is 0 Å². The van der Waals surface area contributed by atoms with Crippen LogP contribution in [0.5, 0.6) is 0 Å². The molecule has 1 aliphatic rings. The van der Waals surface area contributed by atoms with E-state index in [1.54, 1.807) is 0 Å². The average Bonchev–Trinajstić information content (AvgIpc) is 2.41. The Balaban J connectivity index is 2.28. The summed E-state index contributed by atoms with van der Waals surface area (Å²) in [5.41, 5.74) is -5.69. The molecule has 0 saturated carbocycles. The van der Waals surface area contributed by atoms with Crippen molar-refractivity contribution < 1.29 is 34.7 Å². The molecule has 0 bridgehead atoms. The number of hydrogen-bond acceptors (Lipinski definition) is 5. The molecule has 1 fully saturated rings. The lowest BCUT2D eigenvalue weighted by molar-refractivity contribution is -0.0429. The summed E-state index contributed by atoms with van der Waals surface area (Å²) in [5.74, 6) is -0.524. The molecular formula is C11H13F3N2O5S2. The lowest BCUT2D eigenvalue weighted by Gasteiger charge is -2.27. The lowest BCUT2D eigenvalue weighted by atomic mass is 10.2. The molecule has 130 valence electrons. The molecule has 23 heavy (non-hydrogen) atoms. The molecule has 0 amide bonds. The quantitative estimate of drug-likeness (QED) is 0.851. The van der Waals surface area contributed by atoms with Crippen LogP contribution < -0.4 is 4.72 Å². The maximum Gasteiger partial charge on any atom is 0.516 e. The van der Waals surface area contributed by atoms with Crippen LogP contribution >= 0.6 is 0 Å². The fourth-order valence-electron chi connectivity index (χ4n) is 1.87. The number of anilines is 1. The summed E-state index contributed by atoms with van der Waals surface area (Å²) in [6, 6.07) is 5.28. The van der Waals surface area contributed by atoms with Gasteiger partial charge >= 0.3 is 15.5 Å². The summed E-state index contributed by atoms with van der Waals surface area (Å²) in [4.78, 5) is 0. The van der Waals surface area contributed by atoms with Crippen molar-refractivity contribution in [2.24, 2.45) is 0 Å². The molecule has 0 aromatic heterocycles. The molecule has 0 atom stereocenters. The average molecular weight is 374 g/mol. The monoisotopic (exact) mass is 374 g/mol. The molecule has 0 spiro atoms. The van der Waals surface area contributed by atoms with Crippen LogP contribution in [0.25, 0.3) is 0 Å². The molecule has 1 aliphatic heterocycles. The molecule has 2 rings (SSSR count). The fourth-order valence-corrected chi connectivity index (χ4v) is 3.64. The molecule has 0 radical (unpaired) electrons. The first kappa shape index (κ1) is 18.0. The Morgan fingerprint density at radius 1 is 1.26 bits per heavy atom. The number of para-hydroxylation sites is 1. The molecule has 1 saturated heterocycles. The first-order chi connectivity index (χ1) is 10.5. The van der Waals surface area contributed by atoms with Crippen LogP contribution in [0.4, 0.5) is 18.9 Å². The number of nitrogens with one attached hydrogen (secondary N) is 1. The van der Waals surface area contributed by atoms with Gasteiger partial charge in [0, 0.05) is 13.1 Å². The summed E-state index contributed by atoms with van der Waals surface area (Å²) in [5, 5.41) is 0. The number of hydrogen-bond donors (Lipinski definition) is 1. The number of rotatable bonds is 4. The van der Waals surface area contributed by atoms with Gasteiger partial charge in [-0.15, -0.1) is 0 Å². The number of nitrogens with zero attached hydrogens (tertiary/aromatic N) is 1. The predicted molar refractivity (Wildman–Crippen MR) is 75.2 cm³/mol. The molecule has 7 nitrogen and oxygen atoms in total. The van der Waals surface area contributed by atoms with Gasteiger partial charge in [0.25, 0.3) is 0 Å². The maximum absolute atomic E-state index is 12.5. The van der Waals surface area contributed by atoms with Gasteiger partial charge in [-0.2, -0.15) is 25.9 Å². The SMILES string of the molecule is O=S1(=O)COCCN1Cc1ccccc1NS(=O)(=O)C(F)(F)F. The predicted octanol–water partition coefficient (Wildman–Crippen LogP) is 1.07. The Morgan fingerprint density at radius 2 is 1.91 bits per heavy atom. The normalized spacial score (nSPS) is 19.4. The van der Waals surface area contributed by atoms with Crippen molar-refractivity contribution in [3.05, 3.63) is 29.8 Å². The first-order valence-corrected chi connectivity index (χ1v) is 9.35. The summed E-state index contributed by atoms with van der Waals surface area (Å²) in [6.45, 7) is -0.0827. The third-order valence-corrected chi connectivity index (χ3v) is 5.68. The summed E-state index contributed by atoms with van der Waals surface area (Å²) >= 11 is 0.